The third-order valence-electron chi connectivity index (χ3n) is 1.54. The van der Waals surface area contributed by atoms with Gasteiger partial charge in [0.15, 0.2) is 0 Å². The van der Waals surface area contributed by atoms with Crippen LogP contribution in [0.25, 0.3) is 0 Å². The van der Waals surface area contributed by atoms with Crippen LogP contribution in [0.15, 0.2) is 23.4 Å². The van der Waals surface area contributed by atoms with E-state index < -0.39 is 17.8 Å². The largest absolute Gasteiger partial charge is 0.417 e. The summed E-state index contributed by atoms with van der Waals surface area (Å²) in [6.07, 6.45) is -4.05. The van der Waals surface area contributed by atoms with Gasteiger partial charge in [0.25, 0.3) is 0 Å². The molecule has 0 aromatic carbocycles. The molecule has 0 saturated carbocycles. The molecule has 0 bridgehead atoms. The molecule has 1 heterocycles. The monoisotopic (exact) mass is 237 g/mol. The van der Waals surface area contributed by atoms with Crippen molar-refractivity contribution in [3.63, 3.8) is 0 Å². The van der Waals surface area contributed by atoms with E-state index in [1.807, 2.05) is 0 Å². The van der Waals surface area contributed by atoms with Crippen LogP contribution in [0.1, 0.15) is 12.5 Å². The molecule has 15 heavy (non-hydrogen) atoms. The summed E-state index contributed by atoms with van der Waals surface area (Å²) in [5.41, 5.74) is -0.760. The molecule has 1 unspecified atom stereocenters. The summed E-state index contributed by atoms with van der Waals surface area (Å²) in [5, 5.41) is 9.44. The maximum absolute atomic E-state index is 12.1. The zero-order chi connectivity index (χ0) is 11.5. The highest BCUT2D eigenvalue weighted by atomic mass is 32.2. The van der Waals surface area contributed by atoms with Gasteiger partial charge in [0, 0.05) is 11.9 Å². The van der Waals surface area contributed by atoms with Crippen molar-refractivity contribution >= 4 is 11.8 Å². The Hall–Kier alpha value is -0.750. The Labute approximate surface area is 89.5 Å². The van der Waals surface area contributed by atoms with Crippen LogP contribution in [0.3, 0.4) is 0 Å². The first kappa shape index (κ1) is 12.3. The summed E-state index contributed by atoms with van der Waals surface area (Å²) < 4.78 is 36.4. The molecule has 2 nitrogen and oxygen atoms in total. The van der Waals surface area contributed by atoms with Crippen molar-refractivity contribution in [1.82, 2.24) is 4.98 Å². The van der Waals surface area contributed by atoms with Gasteiger partial charge in [0.05, 0.1) is 16.7 Å². The molecule has 0 aliphatic heterocycles. The quantitative estimate of drug-likeness (QED) is 0.820. The lowest BCUT2D eigenvalue weighted by atomic mass is 10.3. The number of rotatable bonds is 3. The van der Waals surface area contributed by atoms with Crippen molar-refractivity contribution in [2.45, 2.75) is 24.2 Å². The Kier molecular flexibility index (Phi) is 3.98. The number of hydrogen-bond donors (Lipinski definition) is 1. The minimum atomic E-state index is -4.35. The van der Waals surface area contributed by atoms with E-state index in [0.717, 1.165) is 12.3 Å². The maximum Gasteiger partial charge on any atom is 0.417 e. The predicted octanol–water partition coefficient (Wildman–Crippen LogP) is 2.57. The molecule has 0 amide bonds. The molecule has 0 aliphatic rings. The van der Waals surface area contributed by atoms with Crippen LogP contribution in [0, 0.1) is 0 Å². The molecule has 1 N–H and O–H groups in total. The van der Waals surface area contributed by atoms with Gasteiger partial charge < -0.3 is 5.11 Å². The van der Waals surface area contributed by atoms with Crippen LogP contribution in [-0.4, -0.2) is 21.9 Å². The van der Waals surface area contributed by atoms with Crippen LogP contribution in [0.5, 0.6) is 0 Å². The van der Waals surface area contributed by atoms with E-state index >= 15 is 0 Å². The van der Waals surface area contributed by atoms with Gasteiger partial charge in [-0.15, -0.1) is 11.8 Å². The fraction of sp³-hybridized carbons (Fsp3) is 0.444. The topological polar surface area (TPSA) is 33.1 Å². The van der Waals surface area contributed by atoms with E-state index in [9.17, 15) is 13.2 Å². The smallest absolute Gasteiger partial charge is 0.393 e. The molecule has 1 aromatic heterocycles. The molecule has 1 atom stereocenters. The van der Waals surface area contributed by atoms with Crippen molar-refractivity contribution in [3.05, 3.63) is 23.9 Å². The second-order valence-electron chi connectivity index (χ2n) is 3.04. The summed E-state index contributed by atoms with van der Waals surface area (Å²) >= 11 is 1.22. The van der Waals surface area contributed by atoms with E-state index in [0.29, 0.717) is 10.8 Å². The Balaban J connectivity index is 2.65. The van der Waals surface area contributed by atoms with Crippen LogP contribution < -0.4 is 0 Å². The lowest BCUT2D eigenvalue weighted by Gasteiger charge is -2.07. The van der Waals surface area contributed by atoms with Gasteiger partial charge >= 0.3 is 6.18 Å². The Morgan fingerprint density at radius 2 is 2.13 bits per heavy atom. The number of thioether (sulfide) groups is 1. The molecule has 0 aliphatic carbocycles. The molecular formula is C9H10F3NOS. The minimum Gasteiger partial charge on any atom is -0.393 e. The van der Waals surface area contributed by atoms with Gasteiger partial charge in [0.2, 0.25) is 0 Å². The van der Waals surface area contributed by atoms with Crippen LogP contribution in [-0.2, 0) is 6.18 Å². The van der Waals surface area contributed by atoms with Gasteiger partial charge in [-0.2, -0.15) is 13.2 Å². The lowest BCUT2D eigenvalue weighted by Crippen LogP contribution is -2.06. The van der Waals surface area contributed by atoms with Crippen LogP contribution >= 0.6 is 11.8 Å². The SMILES string of the molecule is CC(O)CSc1ccc(C(F)(F)F)cn1. The number of nitrogens with zero attached hydrogens (tertiary/aromatic N) is 1. The molecule has 0 fully saturated rings. The number of aromatic nitrogens is 1. The summed E-state index contributed by atoms with van der Waals surface area (Å²) in [6.45, 7) is 1.61. The standard InChI is InChI=1S/C9H10F3NOS/c1-6(14)5-15-8-3-2-7(4-13-8)9(10,11)12/h2-4,6,14H,5H2,1H3. The fourth-order valence-corrected chi connectivity index (χ4v) is 1.54. The molecule has 1 rings (SSSR count). The van der Waals surface area contributed by atoms with Crippen molar-refractivity contribution in [3.8, 4) is 0 Å². The molecule has 84 valence electrons. The van der Waals surface area contributed by atoms with Crippen molar-refractivity contribution in [2.24, 2.45) is 0 Å². The number of hydrogen-bond acceptors (Lipinski definition) is 3. The van der Waals surface area contributed by atoms with Crippen molar-refractivity contribution < 1.29 is 18.3 Å². The molecule has 0 radical (unpaired) electrons. The fourth-order valence-electron chi connectivity index (χ4n) is 0.839. The predicted molar refractivity (Wildman–Crippen MR) is 51.6 cm³/mol. The van der Waals surface area contributed by atoms with Gasteiger partial charge in [-0.05, 0) is 19.1 Å². The number of alkyl halides is 3. The summed E-state index contributed by atoms with van der Waals surface area (Å²) in [4.78, 5) is 3.65. The van der Waals surface area contributed by atoms with Crippen LogP contribution in [0.2, 0.25) is 0 Å². The first-order valence-corrected chi connectivity index (χ1v) is 5.22. The highest BCUT2D eigenvalue weighted by Crippen LogP contribution is 2.29. The average Bonchev–Trinajstić information content (AvgIpc) is 2.14. The third kappa shape index (κ3) is 4.09. The summed E-state index contributed by atoms with van der Waals surface area (Å²) in [5.74, 6) is 0.415. The van der Waals surface area contributed by atoms with E-state index in [2.05, 4.69) is 4.98 Å². The van der Waals surface area contributed by atoms with Gasteiger partial charge in [0.1, 0.15) is 0 Å². The zero-order valence-electron chi connectivity index (χ0n) is 7.95. The number of aliphatic hydroxyl groups excluding tert-OH is 1. The van der Waals surface area contributed by atoms with Gasteiger partial charge in [-0.25, -0.2) is 4.98 Å². The van der Waals surface area contributed by atoms with E-state index in [4.69, 9.17) is 5.11 Å². The van der Waals surface area contributed by atoms with Crippen LogP contribution in [0.4, 0.5) is 13.2 Å². The zero-order valence-corrected chi connectivity index (χ0v) is 8.77. The second kappa shape index (κ2) is 4.85. The molecular weight excluding hydrogens is 227 g/mol. The number of pyridine rings is 1. The van der Waals surface area contributed by atoms with Crippen molar-refractivity contribution in [1.29, 1.82) is 0 Å². The Morgan fingerprint density at radius 1 is 1.47 bits per heavy atom. The average molecular weight is 237 g/mol. The van der Waals surface area contributed by atoms with Gasteiger partial charge in [-0.3, -0.25) is 0 Å². The second-order valence-corrected chi connectivity index (χ2v) is 4.08. The lowest BCUT2D eigenvalue weighted by molar-refractivity contribution is -0.137. The van der Waals surface area contributed by atoms with Gasteiger partial charge in [-0.1, -0.05) is 0 Å². The number of aliphatic hydroxyl groups is 1. The molecule has 1 aromatic rings. The summed E-state index contributed by atoms with van der Waals surface area (Å²) in [7, 11) is 0. The molecule has 0 spiro atoms. The Morgan fingerprint density at radius 3 is 2.53 bits per heavy atom. The highest BCUT2D eigenvalue weighted by molar-refractivity contribution is 7.99. The molecule has 6 heteroatoms. The third-order valence-corrected chi connectivity index (χ3v) is 2.72. The van der Waals surface area contributed by atoms with Crippen molar-refractivity contribution in [2.75, 3.05) is 5.75 Å². The van der Waals surface area contributed by atoms with E-state index in [1.165, 1.54) is 17.8 Å². The van der Waals surface area contributed by atoms with E-state index in [-0.39, 0.29) is 0 Å². The Bertz CT molecular complexity index is 310. The first-order chi connectivity index (χ1) is 6.89. The first-order valence-electron chi connectivity index (χ1n) is 4.23. The maximum atomic E-state index is 12.1. The highest BCUT2D eigenvalue weighted by Gasteiger charge is 2.30. The summed E-state index contributed by atoms with van der Waals surface area (Å²) in [6, 6.07) is 2.28. The molecule has 0 saturated heterocycles. The minimum absolute atomic E-state index is 0.415. The number of halogens is 3. The van der Waals surface area contributed by atoms with E-state index in [1.54, 1.807) is 6.92 Å². The normalized spacial score (nSPS) is 13.9.